The van der Waals surface area contributed by atoms with Gasteiger partial charge in [-0.25, -0.2) is 4.79 Å². The number of carbonyl (C=O) groups is 2. The number of rotatable bonds is 6. The van der Waals surface area contributed by atoms with Crippen LogP contribution in [0.5, 0.6) is 5.75 Å². The normalized spacial score (nSPS) is 23.0. The predicted octanol–water partition coefficient (Wildman–Crippen LogP) is 6.68. The molecule has 0 aromatic heterocycles. The lowest BCUT2D eigenvalue weighted by atomic mass is 9.65. The molecule has 5 nitrogen and oxygen atoms in total. The van der Waals surface area contributed by atoms with Crippen LogP contribution in [0, 0.1) is 17.8 Å². The minimum Gasteiger partial charge on any atom is -0.487 e. The highest BCUT2D eigenvalue weighted by molar-refractivity contribution is 9.11. The lowest BCUT2D eigenvalue weighted by molar-refractivity contribution is -0.135. The van der Waals surface area contributed by atoms with Gasteiger partial charge >= 0.3 is 5.97 Å². The molecular formula is C27H31Br2NO4. The second kappa shape index (κ2) is 9.65. The molecule has 2 aromatic rings. The first kappa shape index (κ1) is 25.2. The number of benzene rings is 2. The monoisotopic (exact) mass is 591 g/mol. The average Bonchev–Trinajstić information content (AvgIpc) is 3.00. The Morgan fingerprint density at radius 2 is 1.71 bits per heavy atom. The summed E-state index contributed by atoms with van der Waals surface area (Å²) in [6, 6.07) is 11.3. The van der Waals surface area contributed by atoms with Gasteiger partial charge in [0.2, 0.25) is 0 Å². The van der Waals surface area contributed by atoms with Crippen molar-refractivity contribution < 1.29 is 19.1 Å². The summed E-state index contributed by atoms with van der Waals surface area (Å²) in [5, 5.41) is 0. The van der Waals surface area contributed by atoms with Crippen LogP contribution in [0.3, 0.4) is 0 Å². The van der Waals surface area contributed by atoms with Crippen molar-refractivity contribution in [2.24, 2.45) is 10.8 Å². The van der Waals surface area contributed by atoms with Crippen molar-refractivity contribution in [1.29, 1.82) is 0 Å². The zero-order chi connectivity index (χ0) is 24.7. The van der Waals surface area contributed by atoms with Gasteiger partial charge in [-0.05, 0) is 104 Å². The number of nitrogens with zero attached hydrogens (tertiary/aromatic N) is 1. The Bertz CT molecular complexity index is 1080. The maximum Gasteiger partial charge on any atom is 0.338 e. The molecular weight excluding hydrogens is 562 g/mol. The Hall–Kier alpha value is -1.86. The molecule has 34 heavy (non-hydrogen) atoms. The van der Waals surface area contributed by atoms with Crippen LogP contribution in [0.2, 0.25) is 0 Å². The topological polar surface area (TPSA) is 55.8 Å². The van der Waals surface area contributed by atoms with Gasteiger partial charge < -0.3 is 14.4 Å². The van der Waals surface area contributed by atoms with Crippen molar-refractivity contribution in [3.63, 3.8) is 0 Å². The number of ether oxygens (including phenoxy) is 2. The fourth-order valence-electron chi connectivity index (χ4n) is 5.76. The van der Waals surface area contributed by atoms with E-state index in [-0.39, 0.29) is 29.4 Å². The third-order valence-corrected chi connectivity index (χ3v) is 7.96. The van der Waals surface area contributed by atoms with Crippen LogP contribution in [-0.2, 0) is 16.1 Å². The minimum atomic E-state index is -0.487. The van der Waals surface area contributed by atoms with E-state index < -0.39 is 5.97 Å². The summed E-state index contributed by atoms with van der Waals surface area (Å²) in [6.45, 7) is 9.73. The Labute approximate surface area is 218 Å². The van der Waals surface area contributed by atoms with E-state index in [9.17, 15) is 9.59 Å². The molecule has 0 N–H and O–H groups in total. The highest BCUT2D eigenvalue weighted by atomic mass is 79.9. The van der Waals surface area contributed by atoms with Crippen molar-refractivity contribution in [3.8, 4) is 5.75 Å². The van der Waals surface area contributed by atoms with E-state index in [1.807, 2.05) is 36.1 Å². The summed E-state index contributed by atoms with van der Waals surface area (Å²) >= 11 is 7.06. The Morgan fingerprint density at radius 1 is 1.06 bits per heavy atom. The van der Waals surface area contributed by atoms with E-state index in [0.717, 1.165) is 51.6 Å². The summed E-state index contributed by atoms with van der Waals surface area (Å²) in [5.41, 5.74) is 2.86. The number of esters is 1. The number of halogens is 2. The summed E-state index contributed by atoms with van der Waals surface area (Å²) in [5.74, 6) is 0.147. The van der Waals surface area contributed by atoms with Gasteiger partial charge in [-0.1, -0.05) is 32.9 Å². The zero-order valence-corrected chi connectivity index (χ0v) is 23.3. The van der Waals surface area contributed by atoms with E-state index in [1.54, 1.807) is 12.1 Å². The Kier molecular flexibility index (Phi) is 7.16. The fraction of sp³-hybridized carbons (Fsp3) is 0.481. The SMILES string of the molecule is Cc1cc(Br)c(OCc2ccc(C(=O)OCC(=O)N3CC4(C)CC3CC(C)(C)C4)cc2)c(Br)c1. The molecule has 1 heterocycles. The standard InChI is InChI=1S/C27H31Br2NO4/c1-17-9-21(28)24(22(29)10-17)33-13-18-5-7-19(8-6-18)25(32)34-14-23(31)30-16-27(4)12-20(30)11-26(2,3)15-27/h5-10,20H,11-16H2,1-4H3. The van der Waals surface area contributed by atoms with Crippen LogP contribution < -0.4 is 4.74 Å². The van der Waals surface area contributed by atoms with Gasteiger partial charge in [0.15, 0.2) is 6.61 Å². The van der Waals surface area contributed by atoms with Gasteiger partial charge in [0, 0.05) is 12.6 Å². The van der Waals surface area contributed by atoms with Crippen LogP contribution in [0.25, 0.3) is 0 Å². The van der Waals surface area contributed by atoms with Crippen molar-refractivity contribution in [2.45, 2.75) is 59.6 Å². The van der Waals surface area contributed by atoms with E-state index in [4.69, 9.17) is 9.47 Å². The maximum absolute atomic E-state index is 12.9. The van der Waals surface area contributed by atoms with Gasteiger partial charge in [-0.15, -0.1) is 0 Å². The first-order valence-electron chi connectivity index (χ1n) is 11.6. The number of fused-ring (bicyclic) bond motifs is 2. The zero-order valence-electron chi connectivity index (χ0n) is 20.1. The number of hydrogen-bond acceptors (Lipinski definition) is 4. The molecule has 1 saturated carbocycles. The molecule has 1 aliphatic carbocycles. The van der Waals surface area contributed by atoms with E-state index in [0.29, 0.717) is 12.2 Å². The van der Waals surface area contributed by atoms with Gasteiger partial charge in [0.25, 0.3) is 5.91 Å². The first-order valence-corrected chi connectivity index (χ1v) is 13.2. The average molecular weight is 593 g/mol. The Balaban J connectivity index is 1.30. The van der Waals surface area contributed by atoms with Crippen molar-refractivity contribution in [3.05, 3.63) is 62.0 Å². The predicted molar refractivity (Wildman–Crippen MR) is 139 cm³/mol. The molecule has 0 radical (unpaired) electrons. The van der Waals surface area contributed by atoms with Crippen LogP contribution in [0.4, 0.5) is 0 Å². The summed E-state index contributed by atoms with van der Waals surface area (Å²) in [4.78, 5) is 27.3. The largest absolute Gasteiger partial charge is 0.487 e. The minimum absolute atomic E-state index is 0.0981. The summed E-state index contributed by atoms with van der Waals surface area (Å²) < 4.78 is 13.1. The lowest BCUT2D eigenvalue weighted by Gasteiger charge is -2.39. The molecule has 7 heteroatoms. The van der Waals surface area contributed by atoms with Crippen LogP contribution >= 0.6 is 31.9 Å². The number of amides is 1. The number of aryl methyl sites for hydroxylation is 1. The quantitative estimate of drug-likeness (QED) is 0.351. The maximum atomic E-state index is 12.9. The van der Waals surface area contributed by atoms with Gasteiger partial charge in [0.1, 0.15) is 12.4 Å². The molecule has 2 fully saturated rings. The second-order valence-corrected chi connectivity index (χ2v) is 12.6. The number of likely N-dealkylation sites (tertiary alicyclic amines) is 1. The van der Waals surface area contributed by atoms with Crippen LogP contribution in [-0.4, -0.2) is 36.0 Å². The molecule has 2 bridgehead atoms. The summed E-state index contributed by atoms with van der Waals surface area (Å²) in [7, 11) is 0. The first-order chi connectivity index (χ1) is 15.9. The van der Waals surface area contributed by atoms with Crippen LogP contribution in [0.1, 0.15) is 61.5 Å². The number of hydrogen-bond donors (Lipinski definition) is 0. The van der Waals surface area contributed by atoms with Gasteiger partial charge in [-0.2, -0.15) is 0 Å². The van der Waals surface area contributed by atoms with Gasteiger partial charge in [0.05, 0.1) is 14.5 Å². The third-order valence-electron chi connectivity index (χ3n) is 6.78. The molecule has 2 aliphatic rings. The highest BCUT2D eigenvalue weighted by Gasteiger charge is 2.50. The van der Waals surface area contributed by atoms with Crippen LogP contribution in [0.15, 0.2) is 45.3 Å². The second-order valence-electron chi connectivity index (χ2n) is 10.9. The van der Waals surface area contributed by atoms with E-state index >= 15 is 0 Å². The molecule has 182 valence electrons. The summed E-state index contributed by atoms with van der Waals surface area (Å²) in [6.07, 6.45) is 3.16. The molecule has 2 aromatic carbocycles. The third kappa shape index (κ3) is 5.68. The van der Waals surface area contributed by atoms with Gasteiger partial charge in [-0.3, -0.25) is 4.79 Å². The van der Waals surface area contributed by atoms with Crippen molar-refractivity contribution in [2.75, 3.05) is 13.2 Å². The molecule has 0 spiro atoms. The molecule has 2 unspecified atom stereocenters. The smallest absolute Gasteiger partial charge is 0.338 e. The molecule has 2 atom stereocenters. The molecule has 1 saturated heterocycles. The lowest BCUT2D eigenvalue weighted by Crippen LogP contribution is -2.39. The number of carbonyl (C=O) groups excluding carboxylic acids is 2. The van der Waals surface area contributed by atoms with Crippen molar-refractivity contribution >= 4 is 43.7 Å². The highest BCUT2D eigenvalue weighted by Crippen LogP contribution is 2.52. The fourth-order valence-corrected chi connectivity index (χ4v) is 7.41. The van der Waals surface area contributed by atoms with E-state index in [1.165, 1.54) is 0 Å². The van der Waals surface area contributed by atoms with Crippen molar-refractivity contribution in [1.82, 2.24) is 4.90 Å². The van der Waals surface area contributed by atoms with E-state index in [2.05, 4.69) is 52.6 Å². The molecule has 1 aliphatic heterocycles. The molecule has 1 amide bonds. The Morgan fingerprint density at radius 3 is 2.35 bits per heavy atom. The molecule has 4 rings (SSSR count).